The second-order valence-corrected chi connectivity index (χ2v) is 7.07. The van der Waals surface area contributed by atoms with Gasteiger partial charge in [0.1, 0.15) is 0 Å². The first-order chi connectivity index (χ1) is 12.4. The van der Waals surface area contributed by atoms with Gasteiger partial charge >= 0.3 is 11.0 Å². The Morgan fingerprint density at radius 1 is 1.12 bits per heavy atom. The minimum Gasteiger partial charge on any atom is -0.494 e. The van der Waals surface area contributed by atoms with Gasteiger partial charge in [0.25, 0.3) is 0 Å². The highest BCUT2D eigenvalue weighted by Crippen LogP contribution is 2.24. The lowest BCUT2D eigenvalue weighted by Crippen LogP contribution is -2.23. The van der Waals surface area contributed by atoms with Crippen LogP contribution in [0.5, 0.6) is 5.88 Å². The van der Waals surface area contributed by atoms with E-state index in [1.807, 2.05) is 48.5 Å². The lowest BCUT2D eigenvalue weighted by molar-refractivity contribution is 0.154. The molecule has 0 atom stereocenters. The number of benzene rings is 2. The lowest BCUT2D eigenvalue weighted by atomic mass is 10.0. The molecule has 1 heterocycles. The average Bonchev–Trinajstić information content (AvgIpc) is 2.93. The maximum atomic E-state index is 11.3. The van der Waals surface area contributed by atoms with Crippen LogP contribution in [0.1, 0.15) is 16.0 Å². The van der Waals surface area contributed by atoms with Gasteiger partial charge in [-0.25, -0.2) is 4.79 Å². The Hall–Kier alpha value is -3.06. The number of aromatic nitrogens is 1. The molecular weight excluding hydrogens is 352 g/mol. The van der Waals surface area contributed by atoms with Crippen molar-refractivity contribution in [1.82, 2.24) is 9.88 Å². The van der Waals surface area contributed by atoms with Gasteiger partial charge < -0.3 is 15.1 Å². The molecule has 0 aliphatic rings. The molecule has 0 saturated carbocycles. The molecule has 1 amide bonds. The van der Waals surface area contributed by atoms with E-state index in [-0.39, 0.29) is 10.8 Å². The monoisotopic (exact) mass is 370 g/mol. The van der Waals surface area contributed by atoms with Crippen molar-refractivity contribution < 1.29 is 15.0 Å². The van der Waals surface area contributed by atoms with Crippen molar-refractivity contribution in [2.24, 2.45) is 0 Å². The van der Waals surface area contributed by atoms with Crippen LogP contribution in [0.2, 0.25) is 0 Å². The number of carboxylic acid groups (broad SMARTS) is 1. The summed E-state index contributed by atoms with van der Waals surface area (Å²) in [6.45, 7) is 0.326. The van der Waals surface area contributed by atoms with Gasteiger partial charge in [-0.1, -0.05) is 53.8 Å². The smallest absolute Gasteiger partial charge is 0.407 e. The normalized spacial score (nSPS) is 10.7. The van der Waals surface area contributed by atoms with Crippen molar-refractivity contribution in [3.63, 3.8) is 0 Å². The molecular formula is C19H18N2O4S. The molecule has 0 fully saturated rings. The summed E-state index contributed by atoms with van der Waals surface area (Å²) < 4.78 is 0. The molecule has 0 spiro atoms. The first-order valence-corrected chi connectivity index (χ1v) is 8.77. The minimum atomic E-state index is -0.963. The third-order valence-electron chi connectivity index (χ3n) is 4.03. The van der Waals surface area contributed by atoms with Crippen molar-refractivity contribution in [3.8, 4) is 17.0 Å². The highest BCUT2D eigenvalue weighted by atomic mass is 32.1. The van der Waals surface area contributed by atoms with E-state index >= 15 is 0 Å². The number of aromatic hydroxyl groups is 1. The fourth-order valence-corrected chi connectivity index (χ4v) is 3.42. The highest BCUT2D eigenvalue weighted by molar-refractivity contribution is 7.09. The van der Waals surface area contributed by atoms with Crippen LogP contribution in [-0.4, -0.2) is 33.2 Å². The van der Waals surface area contributed by atoms with E-state index in [1.54, 1.807) is 0 Å². The van der Waals surface area contributed by atoms with E-state index in [9.17, 15) is 14.7 Å². The van der Waals surface area contributed by atoms with Crippen LogP contribution < -0.4 is 4.87 Å². The van der Waals surface area contributed by atoms with E-state index in [0.29, 0.717) is 17.8 Å². The zero-order valence-electron chi connectivity index (χ0n) is 14.1. The van der Waals surface area contributed by atoms with Gasteiger partial charge in [-0.15, -0.1) is 0 Å². The Bertz CT molecular complexity index is 976. The summed E-state index contributed by atoms with van der Waals surface area (Å²) >= 11 is 1.01. The number of hydrogen-bond donors (Lipinski definition) is 3. The molecule has 6 nitrogen and oxygen atoms in total. The fourth-order valence-electron chi connectivity index (χ4n) is 2.66. The summed E-state index contributed by atoms with van der Waals surface area (Å²) in [5, 5.41) is 18.7. The summed E-state index contributed by atoms with van der Waals surface area (Å²) in [7, 11) is 1.54. The average molecular weight is 370 g/mol. The van der Waals surface area contributed by atoms with Gasteiger partial charge in [0, 0.05) is 20.0 Å². The molecule has 0 aliphatic carbocycles. The van der Waals surface area contributed by atoms with Crippen LogP contribution in [0, 0.1) is 0 Å². The third-order valence-corrected chi connectivity index (χ3v) is 4.90. The number of H-pyrrole nitrogens is 1. The number of nitrogens with zero attached hydrogens (tertiary/aromatic N) is 1. The number of aromatic amines is 1. The van der Waals surface area contributed by atoms with Crippen molar-refractivity contribution in [2.75, 3.05) is 7.05 Å². The minimum absolute atomic E-state index is 0.0701. The predicted molar refractivity (Wildman–Crippen MR) is 101 cm³/mol. The lowest BCUT2D eigenvalue weighted by Gasteiger charge is -2.13. The zero-order valence-corrected chi connectivity index (χ0v) is 14.9. The van der Waals surface area contributed by atoms with Crippen molar-refractivity contribution in [3.05, 3.63) is 74.2 Å². The van der Waals surface area contributed by atoms with Gasteiger partial charge in [-0.3, -0.25) is 9.78 Å². The fraction of sp³-hybridized carbons (Fsp3) is 0.158. The second-order valence-electron chi connectivity index (χ2n) is 6.00. The summed E-state index contributed by atoms with van der Waals surface area (Å²) in [5.41, 5.74) is 3.92. The van der Waals surface area contributed by atoms with E-state index in [4.69, 9.17) is 5.11 Å². The molecule has 0 saturated heterocycles. The quantitative estimate of drug-likeness (QED) is 0.641. The molecule has 0 unspecified atom stereocenters. The number of thiazole rings is 1. The van der Waals surface area contributed by atoms with E-state index in [0.717, 1.165) is 33.6 Å². The Labute approximate surface area is 154 Å². The Morgan fingerprint density at radius 2 is 1.85 bits per heavy atom. The predicted octanol–water partition coefficient (Wildman–Crippen LogP) is 3.51. The Kier molecular flexibility index (Phi) is 5.09. The molecule has 0 radical (unpaired) electrons. The molecule has 2 aromatic carbocycles. The molecule has 0 bridgehead atoms. The highest BCUT2D eigenvalue weighted by Gasteiger charge is 2.09. The van der Waals surface area contributed by atoms with Gasteiger partial charge in [0.05, 0.1) is 4.88 Å². The summed E-state index contributed by atoms with van der Waals surface area (Å²) in [4.78, 5) is 26.2. The third kappa shape index (κ3) is 4.12. The first-order valence-electron chi connectivity index (χ1n) is 7.95. The summed E-state index contributed by atoms with van der Waals surface area (Å²) in [6, 6.07) is 15.6. The molecule has 1 aromatic heterocycles. The molecule has 3 N–H and O–H groups in total. The summed E-state index contributed by atoms with van der Waals surface area (Å²) in [6.07, 6.45) is -0.478. The van der Waals surface area contributed by atoms with Crippen LogP contribution in [-0.2, 0) is 13.0 Å². The largest absolute Gasteiger partial charge is 0.494 e. The number of hydrogen-bond acceptors (Lipinski definition) is 4. The van der Waals surface area contributed by atoms with E-state index in [2.05, 4.69) is 4.98 Å². The molecule has 3 aromatic rings. The van der Waals surface area contributed by atoms with Crippen LogP contribution in [0.15, 0.2) is 53.3 Å². The first kappa shape index (κ1) is 17.8. The van der Waals surface area contributed by atoms with Gasteiger partial charge in [0.2, 0.25) is 5.88 Å². The SMILES string of the molecule is CN(Cc1cccc(-c2ccc(Cc3sc(=O)[nH]c3O)cc2)c1)C(=O)O. The van der Waals surface area contributed by atoms with Crippen molar-refractivity contribution in [1.29, 1.82) is 0 Å². The maximum Gasteiger partial charge on any atom is 0.407 e. The van der Waals surface area contributed by atoms with Gasteiger partial charge in [-0.2, -0.15) is 0 Å². The van der Waals surface area contributed by atoms with Gasteiger partial charge in [0.15, 0.2) is 0 Å². The summed E-state index contributed by atoms with van der Waals surface area (Å²) in [5.74, 6) is -0.0701. The van der Waals surface area contributed by atoms with Crippen LogP contribution in [0.3, 0.4) is 0 Å². The number of nitrogens with one attached hydrogen (secondary N) is 1. The zero-order chi connectivity index (χ0) is 18.7. The van der Waals surface area contributed by atoms with Crippen LogP contribution in [0.4, 0.5) is 4.79 Å². The molecule has 0 aliphatic heterocycles. The number of amides is 1. The maximum absolute atomic E-state index is 11.3. The second kappa shape index (κ2) is 7.45. The molecule has 134 valence electrons. The van der Waals surface area contributed by atoms with Gasteiger partial charge in [-0.05, 0) is 28.3 Å². The van der Waals surface area contributed by atoms with Crippen molar-refractivity contribution in [2.45, 2.75) is 13.0 Å². The van der Waals surface area contributed by atoms with Crippen LogP contribution in [0.25, 0.3) is 11.1 Å². The number of rotatable bonds is 5. The Morgan fingerprint density at radius 3 is 2.46 bits per heavy atom. The van der Waals surface area contributed by atoms with E-state index in [1.165, 1.54) is 11.9 Å². The molecule has 26 heavy (non-hydrogen) atoms. The number of carbonyl (C=O) groups is 1. The van der Waals surface area contributed by atoms with Crippen molar-refractivity contribution >= 4 is 17.4 Å². The molecule has 7 heteroatoms. The van der Waals surface area contributed by atoms with Crippen LogP contribution >= 0.6 is 11.3 Å². The van der Waals surface area contributed by atoms with E-state index < -0.39 is 6.09 Å². The standard InChI is InChI=1S/C19H18N2O4S/c1-21(19(24)25)11-13-3-2-4-15(9-13)14-7-5-12(6-8-14)10-16-17(22)20-18(23)26-16/h2-9,22H,10-11H2,1H3,(H,20,23)(H,24,25). The topological polar surface area (TPSA) is 93.6 Å². The molecule has 3 rings (SSSR count). The Balaban J connectivity index is 1.77.